The predicted octanol–water partition coefficient (Wildman–Crippen LogP) is 12.0. The summed E-state index contributed by atoms with van der Waals surface area (Å²) < 4.78 is 13.1. The monoisotopic (exact) mass is 641 g/mol. The molecule has 0 fully saturated rings. The van der Waals surface area contributed by atoms with Gasteiger partial charge in [0.2, 0.25) is 0 Å². The zero-order chi connectivity index (χ0) is 33.0. The Balaban J connectivity index is 1.12. The Morgan fingerprint density at radius 3 is 1.14 bits per heavy atom. The minimum absolute atomic E-state index is 0.565. The first kappa shape index (κ1) is 28.2. The molecule has 5 nitrogen and oxygen atoms in total. The van der Waals surface area contributed by atoms with Gasteiger partial charge in [0.15, 0.2) is 17.5 Å². The number of aromatic nitrogens is 3. The van der Waals surface area contributed by atoms with Crippen molar-refractivity contribution in [2.75, 3.05) is 0 Å². The molecule has 0 saturated carbocycles. The highest BCUT2D eigenvalue weighted by molar-refractivity contribution is 6.11. The third kappa shape index (κ3) is 4.67. The molecule has 3 heterocycles. The summed E-state index contributed by atoms with van der Waals surface area (Å²) in [5, 5.41) is 4.24. The van der Waals surface area contributed by atoms with Gasteiger partial charge in [-0.15, -0.1) is 0 Å². The molecule has 0 aliphatic carbocycles. The van der Waals surface area contributed by atoms with Crippen molar-refractivity contribution < 1.29 is 8.83 Å². The van der Waals surface area contributed by atoms with E-state index in [-0.39, 0.29) is 0 Å². The van der Waals surface area contributed by atoms with Gasteiger partial charge in [0.25, 0.3) is 0 Å². The summed E-state index contributed by atoms with van der Waals surface area (Å²) in [7, 11) is 0. The van der Waals surface area contributed by atoms with Crippen LogP contribution in [0.3, 0.4) is 0 Å². The lowest BCUT2D eigenvalue weighted by atomic mass is 10.0. The fourth-order valence-electron chi connectivity index (χ4n) is 6.92. The number of nitrogens with zero attached hydrogens (tertiary/aromatic N) is 3. The average Bonchev–Trinajstić information content (AvgIpc) is 3.76. The molecule has 0 aliphatic rings. The maximum absolute atomic E-state index is 6.56. The normalized spacial score (nSPS) is 11.6. The summed E-state index contributed by atoms with van der Waals surface area (Å²) in [5.41, 5.74) is 10.2. The second kappa shape index (κ2) is 11.4. The van der Waals surface area contributed by atoms with Gasteiger partial charge < -0.3 is 8.83 Å². The summed E-state index contributed by atoms with van der Waals surface area (Å²) in [6.45, 7) is 0. The Labute approximate surface area is 287 Å². The van der Waals surface area contributed by atoms with Crippen molar-refractivity contribution in [3.8, 4) is 56.4 Å². The number of fused-ring (bicyclic) bond motifs is 6. The van der Waals surface area contributed by atoms with Crippen LogP contribution in [-0.4, -0.2) is 15.0 Å². The molecule has 0 amide bonds. The molecule has 0 N–H and O–H groups in total. The first-order valence-corrected chi connectivity index (χ1v) is 16.6. The van der Waals surface area contributed by atoms with Gasteiger partial charge in [0, 0.05) is 49.4 Å². The van der Waals surface area contributed by atoms with Crippen molar-refractivity contribution in [2.45, 2.75) is 0 Å². The first-order chi connectivity index (χ1) is 24.8. The molecule has 10 aromatic rings. The molecule has 0 spiro atoms. The van der Waals surface area contributed by atoms with Crippen LogP contribution in [0.1, 0.15) is 0 Å². The molecule has 0 bridgehead atoms. The van der Waals surface area contributed by atoms with E-state index in [1.165, 1.54) is 0 Å². The van der Waals surface area contributed by atoms with Crippen molar-refractivity contribution in [3.63, 3.8) is 0 Å². The first-order valence-electron chi connectivity index (χ1n) is 16.6. The lowest BCUT2D eigenvalue weighted by Gasteiger charge is -2.08. The lowest BCUT2D eigenvalue weighted by molar-refractivity contribution is 0.670. The average molecular weight is 642 g/mol. The van der Waals surface area contributed by atoms with Crippen LogP contribution in [0.5, 0.6) is 0 Å². The summed E-state index contributed by atoms with van der Waals surface area (Å²) in [6.07, 6.45) is 0. The fourth-order valence-corrected chi connectivity index (χ4v) is 6.92. The number of para-hydroxylation sites is 2. The Morgan fingerprint density at radius 2 is 0.700 bits per heavy atom. The number of rotatable bonds is 5. The third-order valence-electron chi connectivity index (χ3n) is 9.35. The minimum atomic E-state index is 0.565. The number of benzene rings is 7. The smallest absolute Gasteiger partial charge is 0.164 e. The summed E-state index contributed by atoms with van der Waals surface area (Å²) in [6, 6.07) is 55.7. The zero-order valence-corrected chi connectivity index (χ0v) is 26.7. The maximum atomic E-state index is 6.56. The molecule has 0 atom stereocenters. The number of hydrogen-bond acceptors (Lipinski definition) is 5. The van der Waals surface area contributed by atoms with Gasteiger partial charge >= 0.3 is 0 Å². The molecule has 10 rings (SSSR count). The van der Waals surface area contributed by atoms with E-state index in [9.17, 15) is 0 Å². The zero-order valence-electron chi connectivity index (χ0n) is 26.7. The highest BCUT2D eigenvalue weighted by atomic mass is 16.3. The van der Waals surface area contributed by atoms with Crippen LogP contribution >= 0.6 is 0 Å². The van der Waals surface area contributed by atoms with Crippen molar-refractivity contribution in [3.05, 3.63) is 164 Å². The summed E-state index contributed by atoms with van der Waals surface area (Å²) in [4.78, 5) is 15.0. The van der Waals surface area contributed by atoms with Gasteiger partial charge in [-0.05, 0) is 35.4 Å². The molecule has 0 unspecified atom stereocenters. The van der Waals surface area contributed by atoms with Gasteiger partial charge in [-0.2, -0.15) is 0 Å². The molecule has 234 valence electrons. The van der Waals surface area contributed by atoms with Crippen LogP contribution < -0.4 is 0 Å². The number of furan rings is 2. The van der Waals surface area contributed by atoms with Crippen LogP contribution in [0.4, 0.5) is 0 Å². The van der Waals surface area contributed by atoms with Crippen LogP contribution in [0.15, 0.2) is 173 Å². The SMILES string of the molecule is c1ccc(-c2nc(-c3ccc4c(c3)oc3c(-c5ccccc5)cccc34)nc(-c3ccc4c(c3)oc3c(-c5ccccc5)cccc34)n2)cc1. The van der Waals surface area contributed by atoms with E-state index in [2.05, 4.69) is 84.9 Å². The molecule has 0 radical (unpaired) electrons. The van der Waals surface area contributed by atoms with Crippen LogP contribution in [-0.2, 0) is 0 Å². The minimum Gasteiger partial charge on any atom is -0.455 e. The lowest BCUT2D eigenvalue weighted by Crippen LogP contribution is -2.00. The van der Waals surface area contributed by atoms with Crippen LogP contribution in [0.2, 0.25) is 0 Å². The van der Waals surface area contributed by atoms with E-state index in [1.807, 2.05) is 78.9 Å². The molecule has 50 heavy (non-hydrogen) atoms. The molecule has 3 aromatic heterocycles. The third-order valence-corrected chi connectivity index (χ3v) is 9.35. The van der Waals surface area contributed by atoms with Gasteiger partial charge in [-0.1, -0.05) is 140 Å². The van der Waals surface area contributed by atoms with E-state index >= 15 is 0 Å². The summed E-state index contributed by atoms with van der Waals surface area (Å²) >= 11 is 0. The van der Waals surface area contributed by atoms with Gasteiger partial charge in [0.05, 0.1) is 0 Å². The second-order valence-corrected chi connectivity index (χ2v) is 12.4. The van der Waals surface area contributed by atoms with E-state index in [4.69, 9.17) is 23.8 Å². The van der Waals surface area contributed by atoms with Crippen LogP contribution in [0, 0.1) is 0 Å². The Kier molecular flexibility index (Phi) is 6.42. The van der Waals surface area contributed by atoms with E-state index in [0.29, 0.717) is 17.5 Å². The Bertz CT molecular complexity index is 2680. The van der Waals surface area contributed by atoms with Gasteiger partial charge in [0.1, 0.15) is 22.3 Å². The second-order valence-electron chi connectivity index (χ2n) is 12.4. The Hall–Kier alpha value is -6.85. The highest BCUT2D eigenvalue weighted by Crippen LogP contribution is 2.39. The predicted molar refractivity (Wildman–Crippen MR) is 202 cm³/mol. The molecule has 5 heteroatoms. The molecule has 0 saturated heterocycles. The van der Waals surface area contributed by atoms with E-state index < -0.39 is 0 Å². The standard InChI is InChI=1S/C45H27N3O2/c1-4-12-28(13-5-1)33-18-10-20-37-35-24-22-31(26-39(35)49-41(33)37)44-46-43(30-16-8-3-9-17-30)47-45(48-44)32-23-25-36-38-21-11-19-34(29-14-6-2-7-15-29)42(38)50-40(36)27-32/h1-27H. The van der Waals surface area contributed by atoms with Crippen molar-refractivity contribution >= 4 is 43.9 Å². The Morgan fingerprint density at radius 1 is 0.300 bits per heavy atom. The fraction of sp³-hybridized carbons (Fsp3) is 0. The quantitative estimate of drug-likeness (QED) is 0.187. The summed E-state index contributed by atoms with van der Waals surface area (Å²) in [5.74, 6) is 1.73. The maximum Gasteiger partial charge on any atom is 0.164 e. The topological polar surface area (TPSA) is 65.0 Å². The molecular formula is C45H27N3O2. The molecular weight excluding hydrogens is 615 g/mol. The largest absolute Gasteiger partial charge is 0.455 e. The van der Waals surface area contributed by atoms with Crippen LogP contribution in [0.25, 0.3) is 100 Å². The number of hydrogen-bond donors (Lipinski definition) is 0. The molecule has 7 aromatic carbocycles. The van der Waals surface area contributed by atoms with Gasteiger partial charge in [-0.3, -0.25) is 0 Å². The van der Waals surface area contributed by atoms with Crippen molar-refractivity contribution in [2.24, 2.45) is 0 Å². The van der Waals surface area contributed by atoms with E-state index in [0.717, 1.165) is 82.8 Å². The van der Waals surface area contributed by atoms with E-state index in [1.54, 1.807) is 0 Å². The van der Waals surface area contributed by atoms with Gasteiger partial charge in [-0.25, -0.2) is 15.0 Å². The molecule has 0 aliphatic heterocycles. The van der Waals surface area contributed by atoms with Crippen molar-refractivity contribution in [1.82, 2.24) is 15.0 Å². The highest BCUT2D eigenvalue weighted by Gasteiger charge is 2.18. The van der Waals surface area contributed by atoms with Crippen molar-refractivity contribution in [1.29, 1.82) is 0 Å².